The Bertz CT molecular complexity index is 641. The van der Waals surface area contributed by atoms with Crippen molar-refractivity contribution in [1.82, 2.24) is 9.21 Å². The molecule has 0 radical (unpaired) electrons. The predicted octanol–water partition coefficient (Wildman–Crippen LogP) is 1.52. The van der Waals surface area contributed by atoms with Gasteiger partial charge in [0.25, 0.3) is 0 Å². The second-order valence-electron chi connectivity index (χ2n) is 5.94. The van der Waals surface area contributed by atoms with E-state index in [0.29, 0.717) is 29.2 Å². The van der Waals surface area contributed by atoms with Gasteiger partial charge in [-0.05, 0) is 57.5 Å². The molecule has 0 saturated carbocycles. The topological polar surface area (TPSA) is 66.6 Å². The summed E-state index contributed by atoms with van der Waals surface area (Å²) in [4.78, 5) is 2.55. The summed E-state index contributed by atoms with van der Waals surface area (Å²) >= 11 is 0. The number of benzene rings is 1. The van der Waals surface area contributed by atoms with E-state index in [1.807, 2.05) is 27.0 Å². The van der Waals surface area contributed by atoms with Gasteiger partial charge in [0.1, 0.15) is 0 Å². The van der Waals surface area contributed by atoms with Gasteiger partial charge in [-0.2, -0.15) is 4.31 Å². The molecule has 0 aliphatic carbocycles. The maximum atomic E-state index is 13.0. The highest BCUT2D eigenvalue weighted by Crippen LogP contribution is 2.30. The monoisotopic (exact) mass is 311 g/mol. The first kappa shape index (κ1) is 16.3. The summed E-state index contributed by atoms with van der Waals surface area (Å²) in [6, 6.07) is 1.86. The Labute approximate surface area is 127 Å². The van der Waals surface area contributed by atoms with Gasteiger partial charge in [-0.15, -0.1) is 0 Å². The van der Waals surface area contributed by atoms with Crippen LogP contribution in [0.25, 0.3) is 0 Å². The van der Waals surface area contributed by atoms with Gasteiger partial charge in [0, 0.05) is 25.3 Å². The summed E-state index contributed by atoms with van der Waals surface area (Å²) in [5.74, 6) is 0. The lowest BCUT2D eigenvalue weighted by Gasteiger charge is -2.23. The molecule has 1 heterocycles. The summed E-state index contributed by atoms with van der Waals surface area (Å²) in [7, 11) is -1.46. The molecule has 0 unspecified atom stereocenters. The van der Waals surface area contributed by atoms with Crippen LogP contribution in [0.4, 0.5) is 5.69 Å². The van der Waals surface area contributed by atoms with Crippen molar-refractivity contribution in [2.45, 2.75) is 32.1 Å². The third-order valence-corrected chi connectivity index (χ3v) is 6.43. The number of nitrogen functional groups attached to an aromatic ring is 1. The second kappa shape index (κ2) is 5.94. The van der Waals surface area contributed by atoms with Gasteiger partial charge in [0.05, 0.1) is 4.90 Å². The lowest BCUT2D eigenvalue weighted by atomic mass is 10.1. The van der Waals surface area contributed by atoms with Crippen molar-refractivity contribution in [2.75, 3.05) is 39.0 Å². The summed E-state index contributed by atoms with van der Waals surface area (Å²) in [5, 5.41) is 0. The molecule has 1 aliphatic rings. The Hall–Kier alpha value is -1.11. The molecule has 1 aliphatic heterocycles. The average molecular weight is 311 g/mol. The lowest BCUT2D eigenvalue weighted by molar-refractivity contribution is 0.347. The van der Waals surface area contributed by atoms with Crippen LogP contribution < -0.4 is 5.73 Å². The number of likely N-dealkylation sites (N-methyl/N-ethyl adjacent to an activating group) is 1. The molecule has 1 saturated heterocycles. The van der Waals surface area contributed by atoms with Crippen molar-refractivity contribution in [3.63, 3.8) is 0 Å². The minimum absolute atomic E-state index is 0.384. The molecule has 118 valence electrons. The van der Waals surface area contributed by atoms with Crippen LogP contribution >= 0.6 is 0 Å². The van der Waals surface area contributed by atoms with Crippen molar-refractivity contribution in [2.24, 2.45) is 0 Å². The number of hydrogen-bond donors (Lipinski definition) is 1. The number of hydrogen-bond acceptors (Lipinski definition) is 4. The maximum Gasteiger partial charge on any atom is 0.243 e. The van der Waals surface area contributed by atoms with Crippen LogP contribution in [-0.4, -0.2) is 50.8 Å². The first-order chi connectivity index (χ1) is 9.75. The molecule has 0 amide bonds. The van der Waals surface area contributed by atoms with Crippen LogP contribution in [0.15, 0.2) is 11.0 Å². The normalized spacial score (nSPS) is 18.7. The van der Waals surface area contributed by atoms with Gasteiger partial charge < -0.3 is 10.6 Å². The Balaban J connectivity index is 2.47. The third kappa shape index (κ3) is 3.07. The highest BCUT2D eigenvalue weighted by molar-refractivity contribution is 7.89. The fraction of sp³-hybridized carbons (Fsp3) is 0.600. The van der Waals surface area contributed by atoms with Crippen molar-refractivity contribution >= 4 is 15.7 Å². The first-order valence-corrected chi connectivity index (χ1v) is 8.74. The standard InChI is InChI=1S/C15H25N3O2S/c1-11-10-12(2)15(13(3)14(11)16)21(19,20)18-7-5-6-17(4)8-9-18/h10H,5-9,16H2,1-4H3. The van der Waals surface area contributed by atoms with Crippen molar-refractivity contribution in [3.05, 3.63) is 22.8 Å². The van der Waals surface area contributed by atoms with E-state index in [1.54, 1.807) is 11.2 Å². The predicted molar refractivity (Wildman–Crippen MR) is 85.9 cm³/mol. The Morgan fingerprint density at radius 2 is 1.71 bits per heavy atom. The van der Waals surface area contributed by atoms with Crippen molar-refractivity contribution in [1.29, 1.82) is 0 Å². The first-order valence-electron chi connectivity index (χ1n) is 7.30. The van der Waals surface area contributed by atoms with E-state index < -0.39 is 10.0 Å². The highest BCUT2D eigenvalue weighted by atomic mass is 32.2. The molecular weight excluding hydrogens is 286 g/mol. The Morgan fingerprint density at radius 1 is 1.05 bits per heavy atom. The van der Waals surface area contributed by atoms with E-state index >= 15 is 0 Å². The van der Waals surface area contributed by atoms with E-state index in [1.165, 1.54) is 0 Å². The molecule has 0 atom stereocenters. The van der Waals surface area contributed by atoms with Gasteiger partial charge in [-0.3, -0.25) is 0 Å². The fourth-order valence-corrected chi connectivity index (χ4v) is 4.88. The summed E-state index contributed by atoms with van der Waals surface area (Å²) in [5.41, 5.74) is 8.99. The molecule has 21 heavy (non-hydrogen) atoms. The van der Waals surface area contributed by atoms with Crippen LogP contribution in [0.3, 0.4) is 0 Å². The fourth-order valence-electron chi connectivity index (χ4n) is 2.97. The van der Waals surface area contributed by atoms with E-state index in [4.69, 9.17) is 5.73 Å². The molecule has 1 aromatic rings. The van der Waals surface area contributed by atoms with Crippen LogP contribution in [0.2, 0.25) is 0 Å². The van der Waals surface area contributed by atoms with E-state index in [-0.39, 0.29) is 0 Å². The zero-order valence-electron chi connectivity index (χ0n) is 13.3. The number of rotatable bonds is 2. The smallest absolute Gasteiger partial charge is 0.243 e. The van der Waals surface area contributed by atoms with E-state index in [0.717, 1.165) is 30.6 Å². The van der Waals surface area contributed by atoms with Crippen LogP contribution in [0.5, 0.6) is 0 Å². The molecule has 5 nitrogen and oxygen atoms in total. The number of aryl methyl sites for hydroxylation is 2. The second-order valence-corrected chi connectivity index (χ2v) is 7.81. The van der Waals surface area contributed by atoms with Gasteiger partial charge in [-0.1, -0.05) is 6.07 Å². The summed E-state index contributed by atoms with van der Waals surface area (Å²) in [6.45, 7) is 8.35. The van der Waals surface area contributed by atoms with Gasteiger partial charge >= 0.3 is 0 Å². The van der Waals surface area contributed by atoms with Gasteiger partial charge in [0.15, 0.2) is 0 Å². The van der Waals surface area contributed by atoms with Crippen LogP contribution in [0.1, 0.15) is 23.1 Å². The molecule has 1 fully saturated rings. The average Bonchev–Trinajstić information content (AvgIpc) is 2.61. The molecule has 1 aromatic carbocycles. The zero-order valence-corrected chi connectivity index (χ0v) is 14.1. The minimum atomic E-state index is -3.48. The third-order valence-electron chi connectivity index (χ3n) is 4.24. The molecule has 0 spiro atoms. The van der Waals surface area contributed by atoms with Gasteiger partial charge in [0.2, 0.25) is 10.0 Å². The molecule has 6 heteroatoms. The Kier molecular flexibility index (Phi) is 4.60. The quantitative estimate of drug-likeness (QED) is 0.841. The SMILES string of the molecule is Cc1cc(C)c(S(=O)(=O)N2CCCN(C)CC2)c(C)c1N. The number of anilines is 1. The molecule has 2 N–H and O–H groups in total. The highest BCUT2D eigenvalue weighted by Gasteiger charge is 2.29. The van der Waals surface area contributed by atoms with E-state index in [9.17, 15) is 8.42 Å². The summed E-state index contributed by atoms with van der Waals surface area (Å²) < 4.78 is 27.6. The maximum absolute atomic E-state index is 13.0. The number of nitrogens with zero attached hydrogens (tertiary/aromatic N) is 2. The van der Waals surface area contributed by atoms with E-state index in [2.05, 4.69) is 4.90 Å². The van der Waals surface area contributed by atoms with Gasteiger partial charge in [-0.25, -0.2) is 8.42 Å². The Morgan fingerprint density at radius 3 is 2.38 bits per heavy atom. The van der Waals surface area contributed by atoms with Crippen molar-refractivity contribution < 1.29 is 8.42 Å². The van der Waals surface area contributed by atoms with Crippen LogP contribution in [-0.2, 0) is 10.0 Å². The zero-order chi connectivity index (χ0) is 15.8. The number of nitrogens with two attached hydrogens (primary N) is 1. The molecule has 2 rings (SSSR count). The minimum Gasteiger partial charge on any atom is -0.398 e. The number of sulfonamides is 1. The van der Waals surface area contributed by atoms with Crippen molar-refractivity contribution in [3.8, 4) is 0 Å². The lowest BCUT2D eigenvalue weighted by Crippen LogP contribution is -2.35. The summed E-state index contributed by atoms with van der Waals surface area (Å²) in [6.07, 6.45) is 0.856. The molecular formula is C15H25N3O2S. The largest absolute Gasteiger partial charge is 0.398 e. The molecule has 0 bridgehead atoms. The molecule has 0 aromatic heterocycles. The van der Waals surface area contributed by atoms with Crippen LogP contribution in [0, 0.1) is 20.8 Å².